The molecule has 20 heavy (non-hydrogen) atoms. The van der Waals surface area contributed by atoms with Crippen LogP contribution in [0.25, 0.3) is 0 Å². The molecule has 0 bridgehead atoms. The molecule has 2 aromatic rings. The number of aryl methyl sites for hydroxylation is 3. The van der Waals surface area contributed by atoms with Crippen molar-refractivity contribution >= 4 is 11.6 Å². The lowest BCUT2D eigenvalue weighted by atomic mass is 10.0. The Bertz CT molecular complexity index is 691. The number of amides is 1. The molecule has 100 valence electrons. The Morgan fingerprint density at radius 3 is 2.15 bits per heavy atom. The number of rotatable bonds is 2. The molecule has 2 aromatic carbocycles. The minimum atomic E-state index is -0.178. The largest absolute Gasteiger partial charge is 0.321 e. The smallest absolute Gasteiger partial charge is 0.256 e. The summed E-state index contributed by atoms with van der Waals surface area (Å²) in [4.78, 5) is 12.4. The highest BCUT2D eigenvalue weighted by atomic mass is 16.1. The molecule has 0 unspecified atom stereocenters. The first-order chi connectivity index (χ1) is 9.54. The van der Waals surface area contributed by atoms with E-state index in [1.807, 2.05) is 51.1 Å². The van der Waals surface area contributed by atoms with Gasteiger partial charge >= 0.3 is 0 Å². The van der Waals surface area contributed by atoms with Crippen molar-refractivity contribution < 1.29 is 4.79 Å². The summed E-state index contributed by atoms with van der Waals surface area (Å²) in [5.74, 6) is -0.178. The maximum absolute atomic E-state index is 12.4. The quantitative estimate of drug-likeness (QED) is 0.898. The number of nitriles is 1. The molecule has 0 heterocycles. The first kappa shape index (κ1) is 13.8. The number of anilines is 1. The van der Waals surface area contributed by atoms with Gasteiger partial charge in [-0.05, 0) is 43.5 Å². The highest BCUT2D eigenvalue weighted by Gasteiger charge is 2.14. The van der Waals surface area contributed by atoms with Crippen LogP contribution in [0.3, 0.4) is 0 Å². The maximum atomic E-state index is 12.4. The minimum absolute atomic E-state index is 0.178. The molecule has 0 atom stereocenters. The molecule has 0 fully saturated rings. The fourth-order valence-corrected chi connectivity index (χ4v) is 2.28. The van der Waals surface area contributed by atoms with Crippen LogP contribution in [0.1, 0.15) is 32.6 Å². The Morgan fingerprint density at radius 1 is 1.00 bits per heavy atom. The van der Waals surface area contributed by atoms with E-state index in [9.17, 15) is 10.1 Å². The Labute approximate surface area is 118 Å². The van der Waals surface area contributed by atoms with Crippen molar-refractivity contribution in [2.75, 3.05) is 5.32 Å². The molecule has 1 amide bonds. The Hall–Kier alpha value is -2.60. The van der Waals surface area contributed by atoms with Crippen LogP contribution in [-0.2, 0) is 0 Å². The summed E-state index contributed by atoms with van der Waals surface area (Å²) in [5.41, 5.74) is 4.43. The van der Waals surface area contributed by atoms with Crippen LogP contribution in [-0.4, -0.2) is 5.91 Å². The highest BCUT2D eigenvalue weighted by Crippen LogP contribution is 2.21. The van der Waals surface area contributed by atoms with E-state index in [-0.39, 0.29) is 5.91 Å². The molecule has 0 saturated heterocycles. The SMILES string of the molecule is Cc1cccc(NC(=O)c2c(C)cccc2C)c1C#N. The molecule has 0 aliphatic carbocycles. The maximum Gasteiger partial charge on any atom is 0.256 e. The van der Waals surface area contributed by atoms with Gasteiger partial charge in [-0.2, -0.15) is 5.26 Å². The summed E-state index contributed by atoms with van der Waals surface area (Å²) in [6.45, 7) is 5.67. The Morgan fingerprint density at radius 2 is 1.55 bits per heavy atom. The van der Waals surface area contributed by atoms with Crippen molar-refractivity contribution in [3.05, 3.63) is 64.2 Å². The monoisotopic (exact) mass is 264 g/mol. The molecular weight excluding hydrogens is 248 g/mol. The van der Waals surface area contributed by atoms with Gasteiger partial charge in [0, 0.05) is 5.56 Å². The van der Waals surface area contributed by atoms with E-state index in [0.717, 1.165) is 16.7 Å². The number of nitrogens with one attached hydrogen (secondary N) is 1. The zero-order valence-corrected chi connectivity index (χ0v) is 11.8. The summed E-state index contributed by atoms with van der Waals surface area (Å²) in [7, 11) is 0. The molecule has 1 N–H and O–H groups in total. The molecule has 0 aliphatic heterocycles. The zero-order valence-electron chi connectivity index (χ0n) is 11.8. The average Bonchev–Trinajstić information content (AvgIpc) is 2.38. The Kier molecular flexibility index (Phi) is 3.86. The van der Waals surface area contributed by atoms with E-state index >= 15 is 0 Å². The predicted molar refractivity (Wildman–Crippen MR) is 79.8 cm³/mol. The number of carbonyl (C=O) groups excluding carboxylic acids is 1. The normalized spacial score (nSPS) is 9.90. The number of benzene rings is 2. The van der Waals surface area contributed by atoms with Gasteiger partial charge in [-0.3, -0.25) is 4.79 Å². The van der Waals surface area contributed by atoms with Gasteiger partial charge in [-0.25, -0.2) is 0 Å². The molecule has 3 nitrogen and oxygen atoms in total. The van der Waals surface area contributed by atoms with Crippen molar-refractivity contribution in [1.29, 1.82) is 5.26 Å². The minimum Gasteiger partial charge on any atom is -0.321 e. The number of hydrogen-bond acceptors (Lipinski definition) is 2. The molecule has 3 heteroatoms. The molecular formula is C17H16N2O. The molecule has 0 aliphatic rings. The third-order valence-corrected chi connectivity index (χ3v) is 3.34. The predicted octanol–water partition coefficient (Wildman–Crippen LogP) is 3.74. The first-order valence-corrected chi connectivity index (χ1v) is 6.42. The van der Waals surface area contributed by atoms with Crippen LogP contribution in [0.5, 0.6) is 0 Å². The van der Waals surface area contributed by atoms with Crippen molar-refractivity contribution in [3.63, 3.8) is 0 Å². The highest BCUT2D eigenvalue weighted by molar-refractivity contribution is 6.06. The number of nitrogens with zero attached hydrogens (tertiary/aromatic N) is 1. The second kappa shape index (κ2) is 5.58. The standard InChI is InChI=1S/C17H16N2O/c1-11-6-5-9-15(14(11)10-18)19-17(20)16-12(2)7-4-8-13(16)3/h4-9H,1-3H3,(H,19,20). The summed E-state index contributed by atoms with van der Waals surface area (Å²) in [6.07, 6.45) is 0. The second-order valence-electron chi connectivity index (χ2n) is 4.83. The van der Waals surface area contributed by atoms with E-state index < -0.39 is 0 Å². The Balaban J connectivity index is 2.39. The number of carbonyl (C=O) groups is 1. The van der Waals surface area contributed by atoms with Crippen LogP contribution in [0.2, 0.25) is 0 Å². The summed E-state index contributed by atoms with van der Waals surface area (Å²) in [5, 5.41) is 12.0. The van der Waals surface area contributed by atoms with Crippen LogP contribution >= 0.6 is 0 Å². The summed E-state index contributed by atoms with van der Waals surface area (Å²) < 4.78 is 0. The van der Waals surface area contributed by atoms with E-state index in [1.54, 1.807) is 6.07 Å². The molecule has 0 aromatic heterocycles. The van der Waals surface area contributed by atoms with Crippen molar-refractivity contribution in [3.8, 4) is 6.07 Å². The van der Waals surface area contributed by atoms with Crippen LogP contribution in [0.4, 0.5) is 5.69 Å². The third kappa shape index (κ3) is 2.55. The lowest BCUT2D eigenvalue weighted by Crippen LogP contribution is -2.16. The summed E-state index contributed by atoms with van der Waals surface area (Å²) in [6, 6.07) is 13.3. The van der Waals surface area contributed by atoms with E-state index in [2.05, 4.69) is 11.4 Å². The van der Waals surface area contributed by atoms with Gasteiger partial charge < -0.3 is 5.32 Å². The first-order valence-electron chi connectivity index (χ1n) is 6.42. The molecule has 2 rings (SSSR count). The van der Waals surface area contributed by atoms with E-state index in [4.69, 9.17) is 0 Å². The molecule has 0 radical (unpaired) electrons. The molecule has 0 saturated carbocycles. The number of hydrogen-bond donors (Lipinski definition) is 1. The zero-order chi connectivity index (χ0) is 14.7. The van der Waals surface area contributed by atoms with E-state index in [0.29, 0.717) is 16.8 Å². The van der Waals surface area contributed by atoms with Gasteiger partial charge in [-0.1, -0.05) is 30.3 Å². The average molecular weight is 264 g/mol. The van der Waals surface area contributed by atoms with Crippen LogP contribution in [0, 0.1) is 32.1 Å². The van der Waals surface area contributed by atoms with Gasteiger partial charge in [0.15, 0.2) is 0 Å². The van der Waals surface area contributed by atoms with E-state index in [1.165, 1.54) is 0 Å². The molecule has 0 spiro atoms. The lowest BCUT2D eigenvalue weighted by Gasteiger charge is -2.12. The fourth-order valence-electron chi connectivity index (χ4n) is 2.28. The third-order valence-electron chi connectivity index (χ3n) is 3.34. The van der Waals surface area contributed by atoms with Gasteiger partial charge in [0.1, 0.15) is 6.07 Å². The van der Waals surface area contributed by atoms with Crippen molar-refractivity contribution in [1.82, 2.24) is 0 Å². The van der Waals surface area contributed by atoms with Crippen LogP contribution < -0.4 is 5.32 Å². The van der Waals surface area contributed by atoms with Gasteiger partial charge in [-0.15, -0.1) is 0 Å². The van der Waals surface area contributed by atoms with Crippen molar-refractivity contribution in [2.45, 2.75) is 20.8 Å². The topological polar surface area (TPSA) is 52.9 Å². The van der Waals surface area contributed by atoms with Crippen molar-refractivity contribution in [2.24, 2.45) is 0 Å². The summed E-state index contributed by atoms with van der Waals surface area (Å²) >= 11 is 0. The second-order valence-corrected chi connectivity index (χ2v) is 4.83. The van der Waals surface area contributed by atoms with Gasteiger partial charge in [0.05, 0.1) is 11.3 Å². The van der Waals surface area contributed by atoms with Crippen LogP contribution in [0.15, 0.2) is 36.4 Å². The lowest BCUT2D eigenvalue weighted by molar-refractivity contribution is 0.102. The van der Waals surface area contributed by atoms with Gasteiger partial charge in [0.2, 0.25) is 0 Å². The van der Waals surface area contributed by atoms with Gasteiger partial charge in [0.25, 0.3) is 5.91 Å². The fraction of sp³-hybridized carbons (Fsp3) is 0.176.